The molecule has 2 heterocycles. The molecule has 1 aliphatic rings. The quantitative estimate of drug-likeness (QED) is 0.818. The zero-order valence-corrected chi connectivity index (χ0v) is 10.3. The molecule has 1 N–H and O–H groups in total. The molecule has 2 rings (SSSR count). The second-order valence-corrected chi connectivity index (χ2v) is 5.38. The Morgan fingerprint density at radius 2 is 2.12 bits per heavy atom. The van der Waals surface area contributed by atoms with E-state index in [2.05, 4.69) is 10.3 Å². The fourth-order valence-corrected chi connectivity index (χ4v) is 2.74. The van der Waals surface area contributed by atoms with Crippen molar-refractivity contribution in [2.45, 2.75) is 6.92 Å². The molecule has 0 spiro atoms. The molecular formula is C10H10N2O2S2. The van der Waals surface area contributed by atoms with E-state index in [4.69, 9.17) is 0 Å². The van der Waals surface area contributed by atoms with Gasteiger partial charge < -0.3 is 5.32 Å². The lowest BCUT2D eigenvalue weighted by molar-refractivity contribution is 0.0980. The van der Waals surface area contributed by atoms with E-state index in [9.17, 15) is 9.59 Å². The van der Waals surface area contributed by atoms with Gasteiger partial charge in [-0.15, -0.1) is 11.3 Å². The average Bonchev–Trinajstić information content (AvgIpc) is 2.86. The minimum absolute atomic E-state index is 0.0170. The summed E-state index contributed by atoms with van der Waals surface area (Å²) in [6.45, 7) is 2.24. The van der Waals surface area contributed by atoms with Crippen molar-refractivity contribution in [3.8, 4) is 0 Å². The van der Waals surface area contributed by atoms with Crippen LogP contribution in [0.5, 0.6) is 0 Å². The Bertz CT molecular complexity index is 465. The SMILES string of the molecule is CC(=O)c1ccc(C(=O)NC2=NCCS2)s1. The molecule has 0 unspecified atom stereocenters. The molecule has 0 saturated heterocycles. The first kappa shape index (κ1) is 11.3. The van der Waals surface area contributed by atoms with Crippen LogP contribution in [0.2, 0.25) is 0 Å². The largest absolute Gasteiger partial charge is 0.301 e. The summed E-state index contributed by atoms with van der Waals surface area (Å²) >= 11 is 2.74. The highest BCUT2D eigenvalue weighted by molar-refractivity contribution is 8.14. The Hall–Kier alpha value is -1.14. The number of hydrogen-bond donors (Lipinski definition) is 1. The second-order valence-electron chi connectivity index (χ2n) is 3.21. The molecule has 0 bridgehead atoms. The number of amides is 1. The number of Topliss-reactive ketones (excluding diaryl/α,β-unsaturated/α-hetero) is 1. The normalized spacial score (nSPS) is 14.7. The molecule has 0 saturated carbocycles. The Morgan fingerprint density at radius 3 is 2.69 bits per heavy atom. The van der Waals surface area contributed by atoms with Gasteiger partial charge in [-0.05, 0) is 19.1 Å². The number of carbonyl (C=O) groups is 2. The Kier molecular flexibility index (Phi) is 3.40. The van der Waals surface area contributed by atoms with Crippen LogP contribution in [0.15, 0.2) is 17.1 Å². The maximum absolute atomic E-state index is 11.7. The van der Waals surface area contributed by atoms with Crippen molar-refractivity contribution in [1.29, 1.82) is 0 Å². The molecule has 0 fully saturated rings. The first-order chi connectivity index (χ1) is 7.66. The molecule has 6 heteroatoms. The third-order valence-corrected chi connectivity index (χ3v) is 4.06. The maximum atomic E-state index is 11.7. The van der Waals surface area contributed by atoms with E-state index in [0.717, 1.165) is 12.3 Å². The molecule has 1 aromatic rings. The van der Waals surface area contributed by atoms with Crippen LogP contribution < -0.4 is 5.32 Å². The zero-order chi connectivity index (χ0) is 11.5. The van der Waals surface area contributed by atoms with Gasteiger partial charge in [0.05, 0.1) is 16.3 Å². The number of nitrogens with one attached hydrogen (secondary N) is 1. The number of rotatable bonds is 2. The van der Waals surface area contributed by atoms with Gasteiger partial charge in [0.2, 0.25) is 0 Å². The van der Waals surface area contributed by atoms with Crippen LogP contribution in [0, 0.1) is 0 Å². The summed E-state index contributed by atoms with van der Waals surface area (Å²) in [7, 11) is 0. The van der Waals surface area contributed by atoms with E-state index in [0.29, 0.717) is 14.9 Å². The summed E-state index contributed by atoms with van der Waals surface area (Å²) < 4.78 is 0. The summed E-state index contributed by atoms with van der Waals surface area (Å²) in [6, 6.07) is 3.34. The number of thiophene rings is 1. The van der Waals surface area contributed by atoms with Gasteiger partial charge in [0, 0.05) is 5.75 Å². The highest BCUT2D eigenvalue weighted by Gasteiger charge is 2.15. The van der Waals surface area contributed by atoms with Gasteiger partial charge in [-0.2, -0.15) is 0 Å². The highest BCUT2D eigenvalue weighted by Crippen LogP contribution is 2.17. The summed E-state index contributed by atoms with van der Waals surface area (Å²) in [5, 5.41) is 3.39. The van der Waals surface area contributed by atoms with Crippen LogP contribution in [0.3, 0.4) is 0 Å². The molecule has 0 aromatic carbocycles. The van der Waals surface area contributed by atoms with Crippen LogP contribution in [-0.2, 0) is 0 Å². The first-order valence-corrected chi connectivity index (χ1v) is 6.56. The summed E-state index contributed by atoms with van der Waals surface area (Å²) in [5.74, 6) is 0.709. The number of aliphatic imine (C=N–C) groups is 1. The lowest BCUT2D eigenvalue weighted by atomic mass is 10.3. The van der Waals surface area contributed by atoms with Crippen LogP contribution in [0.1, 0.15) is 26.3 Å². The Balaban J connectivity index is 2.05. The molecule has 1 aromatic heterocycles. The average molecular weight is 254 g/mol. The fraction of sp³-hybridized carbons (Fsp3) is 0.300. The van der Waals surface area contributed by atoms with Gasteiger partial charge in [0.15, 0.2) is 11.0 Å². The smallest absolute Gasteiger partial charge is 0.267 e. The molecular weight excluding hydrogens is 244 g/mol. The van der Waals surface area contributed by atoms with Crippen LogP contribution in [0.4, 0.5) is 0 Å². The molecule has 0 atom stereocenters. The summed E-state index contributed by atoms with van der Waals surface area (Å²) in [6.07, 6.45) is 0. The minimum Gasteiger partial charge on any atom is -0.301 e. The van der Waals surface area contributed by atoms with Gasteiger partial charge in [0.1, 0.15) is 0 Å². The predicted octanol–water partition coefficient (Wildman–Crippen LogP) is 1.78. The van der Waals surface area contributed by atoms with Crippen molar-refractivity contribution in [3.05, 3.63) is 21.9 Å². The van der Waals surface area contributed by atoms with Crippen molar-refractivity contribution >= 4 is 40.0 Å². The number of thioether (sulfide) groups is 1. The fourth-order valence-electron chi connectivity index (χ4n) is 1.22. The number of ketones is 1. The third kappa shape index (κ3) is 2.51. The van der Waals surface area contributed by atoms with Crippen LogP contribution in [-0.4, -0.2) is 29.2 Å². The van der Waals surface area contributed by atoms with Crippen molar-refractivity contribution < 1.29 is 9.59 Å². The van der Waals surface area contributed by atoms with E-state index in [1.54, 1.807) is 12.1 Å². The topological polar surface area (TPSA) is 58.5 Å². The molecule has 4 nitrogen and oxygen atoms in total. The van der Waals surface area contributed by atoms with E-state index in [1.165, 1.54) is 30.0 Å². The highest BCUT2D eigenvalue weighted by atomic mass is 32.2. The molecule has 84 valence electrons. The summed E-state index contributed by atoms with van der Waals surface area (Å²) in [5.41, 5.74) is 0. The van der Waals surface area contributed by atoms with Crippen LogP contribution in [0.25, 0.3) is 0 Å². The van der Waals surface area contributed by atoms with E-state index < -0.39 is 0 Å². The third-order valence-electron chi connectivity index (χ3n) is 1.98. The Morgan fingerprint density at radius 1 is 1.38 bits per heavy atom. The van der Waals surface area contributed by atoms with Gasteiger partial charge in [-0.3, -0.25) is 14.6 Å². The molecule has 1 amide bonds. The van der Waals surface area contributed by atoms with Crippen molar-refractivity contribution in [2.24, 2.45) is 4.99 Å². The Labute approximate surface area is 101 Å². The van der Waals surface area contributed by atoms with E-state index in [-0.39, 0.29) is 11.7 Å². The number of nitrogens with zero attached hydrogens (tertiary/aromatic N) is 1. The van der Waals surface area contributed by atoms with Crippen molar-refractivity contribution in [2.75, 3.05) is 12.3 Å². The van der Waals surface area contributed by atoms with Gasteiger partial charge in [-0.1, -0.05) is 11.8 Å². The predicted molar refractivity (Wildman–Crippen MR) is 66.5 cm³/mol. The van der Waals surface area contributed by atoms with Crippen molar-refractivity contribution in [1.82, 2.24) is 5.32 Å². The standard InChI is InChI=1S/C10H10N2O2S2/c1-6(13)7-2-3-8(16-7)9(14)12-10-11-4-5-15-10/h2-3H,4-5H2,1H3,(H,11,12,14). The van der Waals surface area contributed by atoms with Gasteiger partial charge >= 0.3 is 0 Å². The number of amidine groups is 1. The van der Waals surface area contributed by atoms with Crippen LogP contribution >= 0.6 is 23.1 Å². The number of carbonyl (C=O) groups excluding carboxylic acids is 2. The maximum Gasteiger partial charge on any atom is 0.267 e. The van der Waals surface area contributed by atoms with Gasteiger partial charge in [0.25, 0.3) is 5.91 Å². The molecule has 16 heavy (non-hydrogen) atoms. The van der Waals surface area contributed by atoms with E-state index in [1.807, 2.05) is 0 Å². The lowest BCUT2D eigenvalue weighted by Crippen LogP contribution is -2.26. The number of hydrogen-bond acceptors (Lipinski definition) is 5. The lowest BCUT2D eigenvalue weighted by Gasteiger charge is -2.00. The second kappa shape index (κ2) is 4.80. The minimum atomic E-state index is -0.189. The van der Waals surface area contributed by atoms with Gasteiger partial charge in [-0.25, -0.2) is 0 Å². The first-order valence-electron chi connectivity index (χ1n) is 4.76. The summed E-state index contributed by atoms with van der Waals surface area (Å²) in [4.78, 5) is 28.1. The van der Waals surface area contributed by atoms with Crippen molar-refractivity contribution in [3.63, 3.8) is 0 Å². The monoisotopic (exact) mass is 254 g/mol. The molecule has 1 aliphatic heterocycles. The zero-order valence-electron chi connectivity index (χ0n) is 8.65. The molecule has 0 aliphatic carbocycles. The van der Waals surface area contributed by atoms with E-state index >= 15 is 0 Å². The molecule has 0 radical (unpaired) electrons.